The summed E-state index contributed by atoms with van der Waals surface area (Å²) in [6.07, 6.45) is 1.53. The summed E-state index contributed by atoms with van der Waals surface area (Å²) < 4.78 is 25.0. The fourth-order valence-electron chi connectivity index (χ4n) is 3.02. The van der Waals surface area contributed by atoms with E-state index in [0.29, 0.717) is 19.4 Å². The number of alkyl halides is 2. The van der Waals surface area contributed by atoms with Crippen molar-refractivity contribution in [3.05, 3.63) is 0 Å². The zero-order valence-electron chi connectivity index (χ0n) is 9.70. The first-order valence-electron chi connectivity index (χ1n) is 6.22. The Morgan fingerprint density at radius 2 is 2.00 bits per heavy atom. The van der Waals surface area contributed by atoms with Crippen LogP contribution >= 0.6 is 0 Å². The van der Waals surface area contributed by atoms with Crippen LogP contribution < -0.4 is 0 Å². The second kappa shape index (κ2) is 5.10. The topological polar surface area (TPSA) is 37.4 Å². The van der Waals surface area contributed by atoms with Crippen molar-refractivity contribution in [3.63, 3.8) is 0 Å². The second-order valence-electron chi connectivity index (χ2n) is 4.86. The van der Waals surface area contributed by atoms with Gasteiger partial charge in [-0.1, -0.05) is 0 Å². The third-order valence-electron chi connectivity index (χ3n) is 3.84. The Kier molecular flexibility index (Phi) is 3.74. The number of nitrogens with zero attached hydrogens (tertiary/aromatic N) is 1. The summed E-state index contributed by atoms with van der Waals surface area (Å²) in [6.45, 7) is 0.373. The van der Waals surface area contributed by atoms with Crippen LogP contribution in [0.1, 0.15) is 38.5 Å². The van der Waals surface area contributed by atoms with E-state index in [4.69, 9.17) is 0 Å². The van der Waals surface area contributed by atoms with E-state index in [0.717, 1.165) is 25.7 Å². The summed E-state index contributed by atoms with van der Waals surface area (Å²) in [5, 5.41) is 0. The molecule has 0 radical (unpaired) electrons. The minimum absolute atomic E-state index is 0.143. The maximum atomic E-state index is 12.5. The van der Waals surface area contributed by atoms with Gasteiger partial charge in [0.15, 0.2) is 0 Å². The highest BCUT2D eigenvalue weighted by Crippen LogP contribution is 2.33. The summed E-state index contributed by atoms with van der Waals surface area (Å²) in [5.74, 6) is -1.16. The van der Waals surface area contributed by atoms with Crippen LogP contribution in [-0.4, -0.2) is 35.6 Å². The number of likely N-dealkylation sites (tertiary alicyclic amines) is 1. The molecule has 5 heteroatoms. The Morgan fingerprint density at radius 1 is 1.24 bits per heavy atom. The standard InChI is InChI=1S/C12H17F2NO2/c13-11(14)12(17)15-7-2-1-5-9(15)8-4-3-6-10(8)16/h8-9,11H,1-7H2. The zero-order chi connectivity index (χ0) is 12.4. The normalized spacial score (nSPS) is 30.1. The molecule has 1 amide bonds. The van der Waals surface area contributed by atoms with Crippen LogP contribution in [0, 0.1) is 5.92 Å². The summed E-state index contributed by atoms with van der Waals surface area (Å²) in [6, 6.07) is -0.278. The van der Waals surface area contributed by atoms with Gasteiger partial charge in [-0.2, -0.15) is 8.78 Å². The third kappa shape index (κ3) is 2.48. The van der Waals surface area contributed by atoms with Crippen LogP contribution in [0.25, 0.3) is 0 Å². The lowest BCUT2D eigenvalue weighted by atomic mass is 9.88. The lowest BCUT2D eigenvalue weighted by molar-refractivity contribution is -0.148. The van der Waals surface area contributed by atoms with E-state index in [-0.39, 0.29) is 17.7 Å². The molecule has 2 rings (SSSR count). The van der Waals surface area contributed by atoms with E-state index in [1.54, 1.807) is 0 Å². The highest BCUT2D eigenvalue weighted by molar-refractivity contribution is 5.85. The lowest BCUT2D eigenvalue weighted by Crippen LogP contribution is -2.50. The molecule has 17 heavy (non-hydrogen) atoms. The molecule has 96 valence electrons. The van der Waals surface area contributed by atoms with Crippen molar-refractivity contribution < 1.29 is 18.4 Å². The molecular formula is C12H17F2NO2. The van der Waals surface area contributed by atoms with E-state index >= 15 is 0 Å². The van der Waals surface area contributed by atoms with Crippen molar-refractivity contribution in [2.45, 2.75) is 51.0 Å². The molecule has 1 saturated carbocycles. The maximum Gasteiger partial charge on any atom is 0.315 e. The molecule has 1 heterocycles. The number of ketones is 1. The summed E-state index contributed by atoms with van der Waals surface area (Å²) in [7, 11) is 0. The SMILES string of the molecule is O=C1CCCC1C1CCCCN1C(=O)C(F)F. The van der Waals surface area contributed by atoms with E-state index < -0.39 is 12.3 Å². The quantitative estimate of drug-likeness (QED) is 0.746. The van der Waals surface area contributed by atoms with Gasteiger partial charge in [-0.25, -0.2) is 0 Å². The van der Waals surface area contributed by atoms with Crippen LogP contribution in [0.15, 0.2) is 0 Å². The van der Waals surface area contributed by atoms with Crippen molar-refractivity contribution in [3.8, 4) is 0 Å². The van der Waals surface area contributed by atoms with Crippen molar-refractivity contribution in [1.82, 2.24) is 4.90 Å². The van der Waals surface area contributed by atoms with Crippen LogP contribution in [0.4, 0.5) is 8.78 Å². The Morgan fingerprint density at radius 3 is 2.59 bits per heavy atom. The van der Waals surface area contributed by atoms with E-state index in [9.17, 15) is 18.4 Å². The molecule has 3 nitrogen and oxygen atoms in total. The lowest BCUT2D eigenvalue weighted by Gasteiger charge is -2.38. The van der Waals surface area contributed by atoms with Gasteiger partial charge in [-0.05, 0) is 32.1 Å². The molecule has 0 bridgehead atoms. The number of hydrogen-bond donors (Lipinski definition) is 0. The number of hydrogen-bond acceptors (Lipinski definition) is 2. The number of piperidine rings is 1. The Balaban J connectivity index is 2.11. The van der Waals surface area contributed by atoms with E-state index in [2.05, 4.69) is 0 Å². The van der Waals surface area contributed by atoms with Crippen molar-refractivity contribution >= 4 is 11.7 Å². The van der Waals surface area contributed by atoms with Crippen molar-refractivity contribution in [2.24, 2.45) is 5.92 Å². The molecule has 2 atom stereocenters. The number of amides is 1. The van der Waals surface area contributed by atoms with E-state index in [1.165, 1.54) is 4.90 Å². The van der Waals surface area contributed by atoms with Gasteiger partial charge in [0.2, 0.25) is 0 Å². The molecule has 2 aliphatic rings. The Bertz CT molecular complexity index is 320. The van der Waals surface area contributed by atoms with Gasteiger partial charge in [-0.15, -0.1) is 0 Å². The molecule has 1 aliphatic carbocycles. The first-order valence-corrected chi connectivity index (χ1v) is 6.22. The number of rotatable bonds is 2. The zero-order valence-corrected chi connectivity index (χ0v) is 9.70. The van der Waals surface area contributed by atoms with Crippen molar-refractivity contribution in [1.29, 1.82) is 0 Å². The summed E-state index contributed by atoms with van der Waals surface area (Å²) >= 11 is 0. The molecule has 2 fully saturated rings. The molecule has 0 N–H and O–H groups in total. The van der Waals surface area contributed by atoms with Crippen LogP contribution in [-0.2, 0) is 9.59 Å². The predicted molar refractivity (Wildman–Crippen MR) is 57.7 cm³/mol. The number of carbonyl (C=O) groups is 2. The highest BCUT2D eigenvalue weighted by atomic mass is 19.3. The molecule has 2 unspecified atom stereocenters. The highest BCUT2D eigenvalue weighted by Gasteiger charge is 2.40. The second-order valence-corrected chi connectivity index (χ2v) is 4.86. The number of halogens is 2. The van der Waals surface area contributed by atoms with Crippen LogP contribution in [0.2, 0.25) is 0 Å². The molecule has 1 saturated heterocycles. The van der Waals surface area contributed by atoms with Gasteiger partial charge in [0, 0.05) is 24.9 Å². The average molecular weight is 245 g/mol. The van der Waals surface area contributed by atoms with Crippen molar-refractivity contribution in [2.75, 3.05) is 6.54 Å². The maximum absolute atomic E-state index is 12.5. The number of Topliss-reactive ketones (excluding diaryl/α,β-unsaturated/α-hetero) is 1. The van der Waals surface area contributed by atoms with Gasteiger partial charge >= 0.3 is 6.43 Å². The smallest absolute Gasteiger partial charge is 0.315 e. The van der Waals surface area contributed by atoms with Gasteiger partial charge in [0.05, 0.1) is 0 Å². The van der Waals surface area contributed by atoms with Crippen LogP contribution in [0.5, 0.6) is 0 Å². The first kappa shape index (κ1) is 12.5. The molecule has 0 spiro atoms. The Labute approximate surface area is 99.2 Å². The fourth-order valence-corrected chi connectivity index (χ4v) is 3.02. The largest absolute Gasteiger partial charge is 0.334 e. The first-order chi connectivity index (χ1) is 8.11. The predicted octanol–water partition coefficient (Wildman–Crippen LogP) is 2.00. The minimum atomic E-state index is -2.95. The third-order valence-corrected chi connectivity index (χ3v) is 3.84. The monoisotopic (exact) mass is 245 g/mol. The fraction of sp³-hybridized carbons (Fsp3) is 0.833. The molecule has 0 aromatic heterocycles. The molecule has 1 aliphatic heterocycles. The summed E-state index contributed by atoms with van der Waals surface area (Å²) in [4.78, 5) is 24.4. The molecule has 0 aromatic carbocycles. The number of carbonyl (C=O) groups excluding carboxylic acids is 2. The van der Waals surface area contributed by atoms with Gasteiger partial charge in [-0.3, -0.25) is 9.59 Å². The van der Waals surface area contributed by atoms with Gasteiger partial charge < -0.3 is 4.90 Å². The molecule has 0 aromatic rings. The molecular weight excluding hydrogens is 228 g/mol. The van der Waals surface area contributed by atoms with Crippen LogP contribution in [0.3, 0.4) is 0 Å². The van der Waals surface area contributed by atoms with E-state index in [1.807, 2.05) is 0 Å². The van der Waals surface area contributed by atoms with Gasteiger partial charge in [0.25, 0.3) is 5.91 Å². The average Bonchev–Trinajstić information content (AvgIpc) is 2.74. The summed E-state index contributed by atoms with van der Waals surface area (Å²) in [5.41, 5.74) is 0. The van der Waals surface area contributed by atoms with Gasteiger partial charge in [0.1, 0.15) is 5.78 Å². The Hall–Kier alpha value is -1.00. The minimum Gasteiger partial charge on any atom is -0.334 e.